The van der Waals surface area contributed by atoms with E-state index in [1.54, 1.807) is 19.4 Å². The summed E-state index contributed by atoms with van der Waals surface area (Å²) in [5.74, 6) is 0.604. The molecule has 1 aromatic heterocycles. The molecular weight excluding hydrogens is 318 g/mol. The van der Waals surface area contributed by atoms with Crippen molar-refractivity contribution >= 4 is 17.6 Å². The average molecular weight is 334 g/mol. The number of halogens is 1. The van der Waals surface area contributed by atoms with Crippen LogP contribution in [0.15, 0.2) is 48.7 Å². The maximum Gasteiger partial charge on any atom is 0.336 e. The van der Waals surface area contributed by atoms with E-state index in [0.29, 0.717) is 5.75 Å². The number of methoxy groups -OCH3 is 2. The topological polar surface area (TPSA) is 57.7 Å². The number of nitrogens with zero attached hydrogens (tertiary/aromatic N) is 1. The number of hydrogen-bond donors (Lipinski definition) is 0. The van der Waals surface area contributed by atoms with Gasteiger partial charge in [0.05, 0.1) is 19.8 Å². The van der Waals surface area contributed by atoms with E-state index in [0.717, 1.165) is 16.9 Å². The highest BCUT2D eigenvalue weighted by molar-refractivity contribution is 6.30. The Morgan fingerprint density at radius 3 is 2.52 bits per heavy atom. The molecule has 0 atom stereocenters. The van der Waals surface area contributed by atoms with Gasteiger partial charge in [-0.3, -0.25) is 0 Å². The first-order valence-corrected chi connectivity index (χ1v) is 7.11. The van der Waals surface area contributed by atoms with E-state index in [2.05, 4.69) is 16.3 Å². The van der Waals surface area contributed by atoms with Crippen LogP contribution < -0.4 is 9.47 Å². The van der Waals surface area contributed by atoms with Gasteiger partial charge < -0.3 is 14.2 Å². The van der Waals surface area contributed by atoms with Gasteiger partial charge in [0.15, 0.2) is 10.9 Å². The molecule has 0 aliphatic rings. The fourth-order valence-corrected chi connectivity index (χ4v) is 2.00. The lowest BCUT2D eigenvalue weighted by Gasteiger charge is -2.10. The Bertz CT molecular complexity index is 713. The van der Waals surface area contributed by atoms with Gasteiger partial charge >= 0.3 is 5.97 Å². The van der Waals surface area contributed by atoms with Gasteiger partial charge in [0.25, 0.3) is 0 Å². The monoisotopic (exact) mass is 333 g/mol. The van der Waals surface area contributed by atoms with E-state index in [4.69, 9.17) is 21.1 Å². The number of rotatable bonds is 6. The van der Waals surface area contributed by atoms with Gasteiger partial charge in [0, 0.05) is 11.8 Å². The summed E-state index contributed by atoms with van der Waals surface area (Å²) >= 11 is 6.03. The molecule has 5 nitrogen and oxygen atoms in total. The molecule has 6 heteroatoms. The van der Waals surface area contributed by atoms with Crippen molar-refractivity contribution in [3.8, 4) is 22.6 Å². The molecule has 0 radical (unpaired) electrons. The van der Waals surface area contributed by atoms with E-state index in [1.807, 2.05) is 24.3 Å². The Kier molecular flexibility index (Phi) is 5.60. The van der Waals surface area contributed by atoms with Crippen LogP contribution in [0.1, 0.15) is 0 Å². The summed E-state index contributed by atoms with van der Waals surface area (Å²) in [7, 11) is 2.89. The van der Waals surface area contributed by atoms with Crippen LogP contribution in [0, 0.1) is 0 Å². The Balaban J connectivity index is 2.18. The van der Waals surface area contributed by atoms with Crippen molar-refractivity contribution in [2.45, 2.75) is 0 Å². The van der Waals surface area contributed by atoms with Crippen LogP contribution >= 0.6 is 11.6 Å². The molecule has 0 N–H and O–H groups in total. The highest BCUT2D eigenvalue weighted by atomic mass is 35.5. The Morgan fingerprint density at radius 2 is 1.91 bits per heavy atom. The third-order valence-electron chi connectivity index (χ3n) is 3.11. The standard InChI is InChI=1S/C17H16ClNO4/c1-11(17(20)22-3)10-23-15-8-13(9-19-16(15)18)12-4-6-14(21-2)7-5-12/h4-9H,1,10H2,2-3H3. The number of benzene rings is 1. The van der Waals surface area contributed by atoms with Gasteiger partial charge in [-0.2, -0.15) is 0 Å². The molecule has 0 unspecified atom stereocenters. The van der Waals surface area contributed by atoms with Crippen LogP contribution in [0.5, 0.6) is 11.5 Å². The van der Waals surface area contributed by atoms with Crippen LogP contribution in [0.3, 0.4) is 0 Å². The first-order valence-electron chi connectivity index (χ1n) is 6.74. The zero-order valence-electron chi connectivity index (χ0n) is 12.8. The fraction of sp³-hybridized carbons (Fsp3) is 0.176. The third kappa shape index (κ3) is 4.23. The summed E-state index contributed by atoms with van der Waals surface area (Å²) in [6.45, 7) is 3.57. The van der Waals surface area contributed by atoms with E-state index in [-0.39, 0.29) is 17.3 Å². The van der Waals surface area contributed by atoms with Crippen LogP contribution in [0.2, 0.25) is 5.15 Å². The quantitative estimate of drug-likeness (QED) is 0.460. The average Bonchev–Trinajstić information content (AvgIpc) is 2.60. The van der Waals surface area contributed by atoms with E-state index in [9.17, 15) is 4.79 Å². The SMILES string of the molecule is C=C(COc1cc(-c2ccc(OC)cc2)cnc1Cl)C(=O)OC. The normalized spacial score (nSPS) is 10.0. The van der Waals surface area contributed by atoms with Gasteiger partial charge in [-0.05, 0) is 23.8 Å². The molecule has 1 aromatic carbocycles. The van der Waals surface area contributed by atoms with Gasteiger partial charge in [-0.15, -0.1) is 0 Å². The maximum atomic E-state index is 11.3. The second kappa shape index (κ2) is 7.65. The van der Waals surface area contributed by atoms with Crippen molar-refractivity contribution in [1.82, 2.24) is 4.98 Å². The van der Waals surface area contributed by atoms with Crippen molar-refractivity contribution in [2.24, 2.45) is 0 Å². The lowest BCUT2D eigenvalue weighted by atomic mass is 10.1. The second-order valence-electron chi connectivity index (χ2n) is 4.63. The van der Waals surface area contributed by atoms with Gasteiger partial charge in [0.1, 0.15) is 12.4 Å². The van der Waals surface area contributed by atoms with Crippen molar-refractivity contribution in [2.75, 3.05) is 20.8 Å². The van der Waals surface area contributed by atoms with Gasteiger partial charge in [-0.25, -0.2) is 9.78 Å². The molecule has 2 aromatic rings. The number of esters is 1. The highest BCUT2D eigenvalue weighted by Crippen LogP contribution is 2.29. The molecule has 120 valence electrons. The minimum Gasteiger partial charge on any atom is -0.497 e. The van der Waals surface area contributed by atoms with Crippen LogP contribution in [-0.4, -0.2) is 31.8 Å². The van der Waals surface area contributed by atoms with Crippen LogP contribution in [-0.2, 0) is 9.53 Å². The Hall–Kier alpha value is -2.53. The fourth-order valence-electron chi connectivity index (χ4n) is 1.84. The summed E-state index contributed by atoms with van der Waals surface area (Å²) in [5, 5.41) is 0.208. The maximum absolute atomic E-state index is 11.3. The smallest absolute Gasteiger partial charge is 0.336 e. The van der Waals surface area contributed by atoms with E-state index >= 15 is 0 Å². The van der Waals surface area contributed by atoms with Gasteiger partial charge in [0.2, 0.25) is 0 Å². The van der Waals surface area contributed by atoms with Crippen molar-refractivity contribution in [1.29, 1.82) is 0 Å². The molecule has 0 aliphatic carbocycles. The van der Waals surface area contributed by atoms with Crippen molar-refractivity contribution < 1.29 is 19.0 Å². The number of ether oxygens (including phenoxy) is 3. The third-order valence-corrected chi connectivity index (χ3v) is 3.39. The molecule has 2 rings (SSSR count). The molecule has 0 spiro atoms. The first kappa shape index (κ1) is 16.8. The highest BCUT2D eigenvalue weighted by Gasteiger charge is 2.11. The van der Waals surface area contributed by atoms with Gasteiger partial charge in [-0.1, -0.05) is 30.3 Å². The predicted octanol–water partition coefficient (Wildman–Crippen LogP) is 3.52. The van der Waals surface area contributed by atoms with E-state index in [1.165, 1.54) is 7.11 Å². The summed E-state index contributed by atoms with van der Waals surface area (Å²) < 4.78 is 15.2. The summed E-state index contributed by atoms with van der Waals surface area (Å²) in [4.78, 5) is 15.4. The second-order valence-corrected chi connectivity index (χ2v) is 4.98. The molecule has 0 aliphatic heterocycles. The molecule has 1 heterocycles. The number of aromatic nitrogens is 1. The molecule has 0 fully saturated rings. The van der Waals surface area contributed by atoms with Crippen LogP contribution in [0.4, 0.5) is 0 Å². The molecular formula is C17H16ClNO4. The summed E-state index contributed by atoms with van der Waals surface area (Å²) in [6.07, 6.45) is 1.64. The number of carbonyl (C=O) groups is 1. The molecule has 0 saturated heterocycles. The number of pyridine rings is 1. The molecule has 0 saturated carbocycles. The molecule has 23 heavy (non-hydrogen) atoms. The largest absolute Gasteiger partial charge is 0.497 e. The summed E-state index contributed by atoms with van der Waals surface area (Å²) in [6, 6.07) is 9.26. The van der Waals surface area contributed by atoms with Crippen molar-refractivity contribution in [3.05, 3.63) is 53.8 Å². The zero-order valence-corrected chi connectivity index (χ0v) is 13.6. The van der Waals surface area contributed by atoms with Crippen molar-refractivity contribution in [3.63, 3.8) is 0 Å². The summed E-state index contributed by atoms with van der Waals surface area (Å²) in [5.41, 5.74) is 1.96. The minimum absolute atomic E-state index is 0.0276. The zero-order chi connectivity index (χ0) is 16.8. The van der Waals surface area contributed by atoms with Crippen LogP contribution in [0.25, 0.3) is 11.1 Å². The Labute approximate surface area is 139 Å². The van der Waals surface area contributed by atoms with E-state index < -0.39 is 5.97 Å². The lowest BCUT2D eigenvalue weighted by Crippen LogP contribution is -2.11. The predicted molar refractivity (Wildman–Crippen MR) is 87.9 cm³/mol. The molecule has 0 amide bonds. The number of hydrogen-bond acceptors (Lipinski definition) is 5. The lowest BCUT2D eigenvalue weighted by molar-refractivity contribution is -0.136. The minimum atomic E-state index is -0.527. The first-order chi connectivity index (χ1) is 11.0. The number of carbonyl (C=O) groups excluding carboxylic acids is 1. The Morgan fingerprint density at radius 1 is 1.22 bits per heavy atom. The molecule has 0 bridgehead atoms.